The Morgan fingerprint density at radius 2 is 2.12 bits per heavy atom. The molecule has 6 nitrogen and oxygen atoms in total. The highest BCUT2D eigenvalue weighted by Gasteiger charge is 2.25. The molecule has 25 heavy (non-hydrogen) atoms. The molecule has 0 bridgehead atoms. The van der Waals surface area contributed by atoms with Gasteiger partial charge in [0.2, 0.25) is 11.1 Å². The number of hydrogen-bond donors (Lipinski definition) is 0. The van der Waals surface area contributed by atoms with Gasteiger partial charge in [0.25, 0.3) is 0 Å². The number of nitrogens with zero attached hydrogens (tertiary/aromatic N) is 5. The molecule has 2 heterocycles. The van der Waals surface area contributed by atoms with Crippen molar-refractivity contribution in [3.05, 3.63) is 29.3 Å². The summed E-state index contributed by atoms with van der Waals surface area (Å²) in [6.07, 6.45) is 4.47. The van der Waals surface area contributed by atoms with Crippen molar-refractivity contribution < 1.29 is 4.79 Å². The van der Waals surface area contributed by atoms with E-state index in [-0.39, 0.29) is 5.91 Å². The fraction of sp³-hybridized carbons (Fsp3) is 0.556. The van der Waals surface area contributed by atoms with Crippen LogP contribution in [0.5, 0.6) is 0 Å². The van der Waals surface area contributed by atoms with E-state index in [9.17, 15) is 4.79 Å². The largest absolute Gasteiger partial charge is 0.339 e. The molecular weight excluding hydrogens is 334 g/mol. The van der Waals surface area contributed by atoms with Gasteiger partial charge in [-0.1, -0.05) is 24.8 Å². The lowest BCUT2D eigenvalue weighted by molar-refractivity contribution is -0.132. The van der Waals surface area contributed by atoms with Gasteiger partial charge in [-0.15, -0.1) is 5.10 Å². The Kier molecular flexibility index (Phi) is 5.73. The topological polar surface area (TPSA) is 63.9 Å². The van der Waals surface area contributed by atoms with E-state index in [1.165, 1.54) is 29.3 Å². The highest BCUT2D eigenvalue weighted by Crippen LogP contribution is 2.23. The summed E-state index contributed by atoms with van der Waals surface area (Å²) in [6, 6.07) is 6.51. The van der Waals surface area contributed by atoms with Crippen molar-refractivity contribution in [3.63, 3.8) is 0 Å². The fourth-order valence-corrected chi connectivity index (χ4v) is 4.03. The van der Waals surface area contributed by atoms with Gasteiger partial charge in [0.15, 0.2) is 0 Å². The van der Waals surface area contributed by atoms with Crippen LogP contribution in [-0.2, 0) is 4.79 Å². The minimum absolute atomic E-state index is 0.186. The number of amides is 1. The third-order valence-corrected chi connectivity index (χ3v) is 5.82. The van der Waals surface area contributed by atoms with Crippen molar-refractivity contribution in [2.75, 3.05) is 12.3 Å². The number of aromatic nitrogens is 4. The molecule has 1 amide bonds. The highest BCUT2D eigenvalue weighted by atomic mass is 32.2. The molecule has 134 valence electrons. The van der Waals surface area contributed by atoms with Crippen molar-refractivity contribution in [1.82, 2.24) is 25.1 Å². The molecule has 0 spiro atoms. The van der Waals surface area contributed by atoms with Crippen LogP contribution in [0.15, 0.2) is 23.4 Å². The van der Waals surface area contributed by atoms with Crippen LogP contribution in [0.1, 0.15) is 43.7 Å². The van der Waals surface area contributed by atoms with E-state index >= 15 is 0 Å². The number of carbonyl (C=O) groups excluding carboxylic acids is 1. The summed E-state index contributed by atoms with van der Waals surface area (Å²) in [5.41, 5.74) is 3.35. The first-order chi connectivity index (χ1) is 12.1. The molecule has 1 fully saturated rings. The van der Waals surface area contributed by atoms with Crippen LogP contribution in [0, 0.1) is 13.8 Å². The Hall–Kier alpha value is -1.89. The zero-order chi connectivity index (χ0) is 17.8. The third kappa shape index (κ3) is 4.03. The Morgan fingerprint density at radius 1 is 1.28 bits per heavy atom. The monoisotopic (exact) mass is 359 g/mol. The second-order valence-corrected chi connectivity index (χ2v) is 7.52. The quantitative estimate of drug-likeness (QED) is 0.767. The molecule has 0 saturated carbocycles. The summed E-state index contributed by atoms with van der Waals surface area (Å²) in [5.74, 6) is 0.563. The summed E-state index contributed by atoms with van der Waals surface area (Å²) in [6.45, 7) is 7.18. The molecule has 1 aromatic carbocycles. The number of benzene rings is 1. The van der Waals surface area contributed by atoms with Crippen LogP contribution in [0.3, 0.4) is 0 Å². The van der Waals surface area contributed by atoms with E-state index in [0.29, 0.717) is 17.0 Å². The maximum absolute atomic E-state index is 12.6. The first-order valence-corrected chi connectivity index (χ1v) is 9.87. The average Bonchev–Trinajstić information content (AvgIpc) is 3.10. The van der Waals surface area contributed by atoms with E-state index in [4.69, 9.17) is 0 Å². The van der Waals surface area contributed by atoms with Gasteiger partial charge in [0, 0.05) is 12.6 Å². The summed E-state index contributed by atoms with van der Waals surface area (Å²) < 4.78 is 1.71. The Morgan fingerprint density at radius 3 is 2.88 bits per heavy atom. The average molecular weight is 359 g/mol. The van der Waals surface area contributed by atoms with Crippen LogP contribution in [0.2, 0.25) is 0 Å². The molecule has 0 unspecified atom stereocenters. The molecule has 1 aromatic heterocycles. The number of carbonyl (C=O) groups is 1. The molecule has 2 aromatic rings. The Balaban J connectivity index is 1.69. The summed E-state index contributed by atoms with van der Waals surface area (Å²) >= 11 is 1.41. The number of likely N-dealkylation sites (tertiary alicyclic amines) is 1. The molecule has 0 N–H and O–H groups in total. The van der Waals surface area contributed by atoms with Crippen LogP contribution in [0.25, 0.3) is 5.69 Å². The number of piperidine rings is 1. The van der Waals surface area contributed by atoms with E-state index in [1.54, 1.807) is 4.68 Å². The molecule has 0 radical (unpaired) electrons. The lowest BCUT2D eigenvalue weighted by Gasteiger charge is -2.35. The SMILES string of the molecule is CC[C@@H]1CCCCN1C(=O)CSc1nnnn1-c1ccc(C)c(C)c1. The highest BCUT2D eigenvalue weighted by molar-refractivity contribution is 7.99. The third-order valence-electron chi connectivity index (χ3n) is 4.92. The zero-order valence-corrected chi connectivity index (χ0v) is 15.9. The number of tetrazole rings is 1. The molecule has 3 rings (SSSR count). The van der Waals surface area contributed by atoms with E-state index in [2.05, 4.69) is 48.4 Å². The second-order valence-electron chi connectivity index (χ2n) is 6.58. The van der Waals surface area contributed by atoms with Crippen LogP contribution < -0.4 is 0 Å². The van der Waals surface area contributed by atoms with E-state index < -0.39 is 0 Å². The molecular formula is C18H25N5OS. The fourth-order valence-electron chi connectivity index (χ4n) is 3.25. The van der Waals surface area contributed by atoms with Crippen LogP contribution >= 0.6 is 11.8 Å². The Bertz CT molecular complexity index is 745. The Labute approximate surface area is 153 Å². The minimum Gasteiger partial charge on any atom is -0.339 e. The van der Waals surface area contributed by atoms with Gasteiger partial charge in [-0.2, -0.15) is 4.68 Å². The standard InChI is InChI=1S/C18H25N5OS/c1-4-15-7-5-6-10-22(15)17(24)12-25-18-19-20-21-23(18)16-9-8-13(2)14(3)11-16/h8-9,11,15H,4-7,10,12H2,1-3H3/t15-/m1/s1. The predicted octanol–water partition coefficient (Wildman–Crippen LogP) is 3.16. The van der Waals surface area contributed by atoms with Gasteiger partial charge in [-0.25, -0.2) is 0 Å². The first kappa shape index (κ1) is 17.9. The van der Waals surface area contributed by atoms with Gasteiger partial charge in [-0.3, -0.25) is 4.79 Å². The summed E-state index contributed by atoms with van der Waals surface area (Å²) in [4.78, 5) is 14.7. The van der Waals surface area contributed by atoms with Gasteiger partial charge < -0.3 is 4.90 Å². The van der Waals surface area contributed by atoms with Gasteiger partial charge in [0.05, 0.1) is 11.4 Å². The van der Waals surface area contributed by atoms with Crippen LogP contribution in [0.4, 0.5) is 0 Å². The van der Waals surface area contributed by atoms with Gasteiger partial charge >= 0.3 is 0 Å². The number of aryl methyl sites for hydroxylation is 2. The molecule has 0 aliphatic carbocycles. The molecule has 7 heteroatoms. The summed E-state index contributed by atoms with van der Waals surface area (Å²) in [7, 11) is 0. The van der Waals surface area contributed by atoms with Crippen molar-refractivity contribution in [3.8, 4) is 5.69 Å². The molecule has 1 aliphatic heterocycles. The van der Waals surface area contributed by atoms with Crippen molar-refractivity contribution in [2.24, 2.45) is 0 Å². The van der Waals surface area contributed by atoms with Gasteiger partial charge in [-0.05, 0) is 73.2 Å². The number of thioether (sulfide) groups is 1. The van der Waals surface area contributed by atoms with Crippen molar-refractivity contribution >= 4 is 17.7 Å². The maximum Gasteiger partial charge on any atom is 0.233 e. The van der Waals surface area contributed by atoms with Crippen LogP contribution in [-0.4, -0.2) is 49.4 Å². The second kappa shape index (κ2) is 7.99. The predicted molar refractivity (Wildman–Crippen MR) is 99.0 cm³/mol. The normalized spacial score (nSPS) is 17.7. The van der Waals surface area contributed by atoms with E-state index in [1.807, 2.05) is 11.0 Å². The molecule has 1 atom stereocenters. The summed E-state index contributed by atoms with van der Waals surface area (Å²) in [5, 5.41) is 12.6. The minimum atomic E-state index is 0.186. The smallest absolute Gasteiger partial charge is 0.233 e. The lowest BCUT2D eigenvalue weighted by Crippen LogP contribution is -2.44. The van der Waals surface area contributed by atoms with Crippen molar-refractivity contribution in [1.29, 1.82) is 0 Å². The maximum atomic E-state index is 12.6. The number of rotatable bonds is 5. The van der Waals surface area contributed by atoms with Gasteiger partial charge in [0.1, 0.15) is 0 Å². The lowest BCUT2D eigenvalue weighted by atomic mass is 10.0. The zero-order valence-electron chi connectivity index (χ0n) is 15.1. The van der Waals surface area contributed by atoms with Crippen molar-refractivity contribution in [2.45, 2.75) is 57.7 Å². The first-order valence-electron chi connectivity index (χ1n) is 8.88. The number of hydrogen-bond acceptors (Lipinski definition) is 5. The molecule has 1 saturated heterocycles. The molecule has 1 aliphatic rings. The van der Waals surface area contributed by atoms with E-state index in [0.717, 1.165) is 31.5 Å².